The van der Waals surface area contributed by atoms with Crippen LogP contribution in [0.4, 0.5) is 11.4 Å². The van der Waals surface area contributed by atoms with E-state index < -0.39 is 14.9 Å². The minimum atomic E-state index is -3.79. The van der Waals surface area contributed by atoms with Crippen molar-refractivity contribution in [3.63, 3.8) is 0 Å². The highest BCUT2D eigenvalue weighted by Crippen LogP contribution is 2.30. The van der Waals surface area contributed by atoms with Crippen LogP contribution in [-0.2, 0) is 10.0 Å². The zero-order valence-corrected chi connectivity index (χ0v) is 13.7. The minimum absolute atomic E-state index is 0.0718. The Morgan fingerprint density at radius 3 is 2.29 bits per heavy atom. The fourth-order valence-corrected chi connectivity index (χ4v) is 3.24. The molecular formula is C13H21N3O4S. The van der Waals surface area contributed by atoms with E-state index in [2.05, 4.69) is 10.0 Å². The predicted octanol–water partition coefficient (Wildman–Crippen LogP) is 2.27. The Kier molecular flexibility index (Phi) is 4.95. The maximum Gasteiger partial charge on any atom is 0.293 e. The van der Waals surface area contributed by atoms with Gasteiger partial charge in [-0.2, -0.15) is 0 Å². The molecule has 0 unspecified atom stereocenters. The van der Waals surface area contributed by atoms with Crippen LogP contribution in [-0.4, -0.2) is 26.9 Å². The molecule has 8 heteroatoms. The van der Waals surface area contributed by atoms with Gasteiger partial charge in [-0.3, -0.25) is 10.1 Å². The summed E-state index contributed by atoms with van der Waals surface area (Å²) >= 11 is 0. The van der Waals surface area contributed by atoms with Gasteiger partial charge in [-0.1, -0.05) is 20.8 Å². The molecule has 7 nitrogen and oxygen atoms in total. The van der Waals surface area contributed by atoms with Crippen molar-refractivity contribution < 1.29 is 13.3 Å². The number of nitrogens with zero attached hydrogens (tertiary/aromatic N) is 1. The van der Waals surface area contributed by atoms with E-state index in [1.54, 1.807) is 14.0 Å². The highest BCUT2D eigenvalue weighted by molar-refractivity contribution is 7.89. The van der Waals surface area contributed by atoms with Crippen molar-refractivity contribution in [3.8, 4) is 0 Å². The summed E-state index contributed by atoms with van der Waals surface area (Å²) in [6, 6.07) is 2.55. The third kappa shape index (κ3) is 4.40. The minimum Gasteiger partial charge on any atom is -0.383 e. The van der Waals surface area contributed by atoms with E-state index >= 15 is 0 Å². The van der Waals surface area contributed by atoms with E-state index in [1.807, 2.05) is 20.8 Å². The van der Waals surface area contributed by atoms with Crippen LogP contribution in [0.2, 0.25) is 0 Å². The van der Waals surface area contributed by atoms with Gasteiger partial charge in [-0.25, -0.2) is 13.1 Å². The van der Waals surface area contributed by atoms with Crippen LogP contribution in [0, 0.1) is 22.5 Å². The van der Waals surface area contributed by atoms with Crippen molar-refractivity contribution in [3.05, 3.63) is 27.8 Å². The lowest BCUT2D eigenvalue weighted by atomic mass is 9.98. The van der Waals surface area contributed by atoms with Crippen LogP contribution < -0.4 is 10.0 Å². The van der Waals surface area contributed by atoms with E-state index in [4.69, 9.17) is 0 Å². The molecule has 0 amide bonds. The van der Waals surface area contributed by atoms with Crippen LogP contribution in [0.15, 0.2) is 17.0 Å². The van der Waals surface area contributed by atoms with Gasteiger partial charge in [0.25, 0.3) is 5.69 Å². The highest BCUT2D eigenvalue weighted by atomic mass is 32.2. The van der Waals surface area contributed by atoms with Crippen LogP contribution in [0.25, 0.3) is 0 Å². The Bertz CT molecular complexity index is 648. The molecular weight excluding hydrogens is 294 g/mol. The molecule has 0 saturated heterocycles. The molecule has 118 valence electrons. The van der Waals surface area contributed by atoms with Crippen molar-refractivity contribution in [1.82, 2.24) is 4.72 Å². The fourth-order valence-electron chi connectivity index (χ4n) is 1.71. The number of benzene rings is 1. The summed E-state index contributed by atoms with van der Waals surface area (Å²) < 4.78 is 27.1. The zero-order valence-electron chi connectivity index (χ0n) is 12.9. The second kappa shape index (κ2) is 5.98. The summed E-state index contributed by atoms with van der Waals surface area (Å²) in [5.74, 6) is 0. The quantitative estimate of drug-likeness (QED) is 0.641. The molecule has 1 rings (SSSR count). The fraction of sp³-hybridized carbons (Fsp3) is 0.538. The van der Waals surface area contributed by atoms with Crippen molar-refractivity contribution >= 4 is 21.4 Å². The maximum atomic E-state index is 12.3. The molecule has 2 N–H and O–H groups in total. The lowest BCUT2D eigenvalue weighted by molar-refractivity contribution is -0.384. The Morgan fingerprint density at radius 1 is 1.29 bits per heavy atom. The highest BCUT2D eigenvalue weighted by Gasteiger charge is 2.25. The Morgan fingerprint density at radius 2 is 1.86 bits per heavy atom. The molecule has 0 heterocycles. The van der Waals surface area contributed by atoms with E-state index in [0.29, 0.717) is 5.56 Å². The van der Waals surface area contributed by atoms with Crippen LogP contribution in [0.1, 0.15) is 26.3 Å². The normalized spacial score (nSPS) is 12.2. The second-order valence-electron chi connectivity index (χ2n) is 6.03. The first kappa shape index (κ1) is 17.4. The number of nitrogens with one attached hydrogen (secondary N) is 2. The Balaban J connectivity index is 3.30. The predicted molar refractivity (Wildman–Crippen MR) is 82.0 cm³/mol. The van der Waals surface area contributed by atoms with Gasteiger partial charge in [-0.15, -0.1) is 0 Å². The zero-order chi connectivity index (χ0) is 16.4. The lowest BCUT2D eigenvalue weighted by Gasteiger charge is -2.19. The molecule has 0 saturated carbocycles. The summed E-state index contributed by atoms with van der Waals surface area (Å²) in [4.78, 5) is 10.4. The van der Waals surface area contributed by atoms with Crippen molar-refractivity contribution in [1.29, 1.82) is 0 Å². The van der Waals surface area contributed by atoms with Crippen LogP contribution in [0.5, 0.6) is 0 Å². The van der Waals surface area contributed by atoms with Gasteiger partial charge in [0.1, 0.15) is 5.69 Å². The number of nitro benzene ring substituents is 1. The first-order valence-electron chi connectivity index (χ1n) is 6.44. The third-order valence-electron chi connectivity index (χ3n) is 2.84. The monoisotopic (exact) mass is 315 g/mol. The van der Waals surface area contributed by atoms with E-state index in [9.17, 15) is 18.5 Å². The number of sulfonamides is 1. The van der Waals surface area contributed by atoms with Crippen molar-refractivity contribution in [2.24, 2.45) is 5.41 Å². The number of nitro groups is 1. The summed E-state index contributed by atoms with van der Waals surface area (Å²) in [7, 11) is -2.24. The molecule has 0 aliphatic rings. The van der Waals surface area contributed by atoms with Gasteiger partial charge in [0.15, 0.2) is 0 Å². The Labute approximate surface area is 124 Å². The molecule has 0 spiro atoms. The topological polar surface area (TPSA) is 101 Å². The number of hydrogen-bond acceptors (Lipinski definition) is 5. The van der Waals surface area contributed by atoms with E-state index in [0.717, 1.165) is 6.07 Å². The number of anilines is 1. The summed E-state index contributed by atoms with van der Waals surface area (Å²) in [6.45, 7) is 7.55. The van der Waals surface area contributed by atoms with E-state index in [1.165, 1.54) is 6.07 Å². The average molecular weight is 315 g/mol. The molecule has 21 heavy (non-hydrogen) atoms. The van der Waals surface area contributed by atoms with Crippen molar-refractivity contribution in [2.45, 2.75) is 32.6 Å². The van der Waals surface area contributed by atoms with Gasteiger partial charge in [0, 0.05) is 19.7 Å². The van der Waals surface area contributed by atoms with Crippen LogP contribution >= 0.6 is 0 Å². The molecule has 0 bridgehead atoms. The molecule has 0 aromatic heterocycles. The second-order valence-corrected chi connectivity index (χ2v) is 7.76. The number of rotatable bonds is 5. The number of aryl methyl sites for hydroxylation is 1. The van der Waals surface area contributed by atoms with E-state index in [-0.39, 0.29) is 28.2 Å². The largest absolute Gasteiger partial charge is 0.383 e. The summed E-state index contributed by atoms with van der Waals surface area (Å²) in [6.07, 6.45) is 0. The SMILES string of the molecule is CNc1cc(C)c(S(=O)(=O)NCC(C)(C)C)cc1[N+](=O)[O-]. The third-order valence-corrected chi connectivity index (χ3v) is 4.38. The molecule has 1 aromatic carbocycles. The first-order valence-corrected chi connectivity index (χ1v) is 7.93. The molecule has 0 atom stereocenters. The van der Waals surface area contributed by atoms with Gasteiger partial charge in [0.2, 0.25) is 10.0 Å². The molecule has 1 aromatic rings. The Hall–Kier alpha value is -1.67. The first-order chi connectivity index (χ1) is 9.48. The maximum absolute atomic E-state index is 12.3. The van der Waals surface area contributed by atoms with Gasteiger partial charge < -0.3 is 5.32 Å². The standard InChI is InChI=1S/C13H21N3O4S/c1-9-6-10(14-5)11(16(17)18)7-12(9)21(19,20)15-8-13(2,3)4/h6-7,14-15H,8H2,1-5H3. The summed E-state index contributed by atoms with van der Waals surface area (Å²) in [5, 5.41) is 13.7. The lowest BCUT2D eigenvalue weighted by Crippen LogP contribution is -2.32. The molecule has 0 radical (unpaired) electrons. The molecule has 0 aliphatic carbocycles. The molecule has 0 fully saturated rings. The van der Waals surface area contributed by atoms with Gasteiger partial charge in [-0.05, 0) is 24.0 Å². The summed E-state index contributed by atoms with van der Waals surface area (Å²) in [5.41, 5.74) is 0.246. The molecule has 0 aliphatic heterocycles. The smallest absolute Gasteiger partial charge is 0.293 e. The van der Waals surface area contributed by atoms with Gasteiger partial charge >= 0.3 is 0 Å². The van der Waals surface area contributed by atoms with Crippen molar-refractivity contribution in [2.75, 3.05) is 18.9 Å². The van der Waals surface area contributed by atoms with Gasteiger partial charge in [0.05, 0.1) is 9.82 Å². The average Bonchev–Trinajstić information content (AvgIpc) is 2.34. The van der Waals surface area contributed by atoms with Crippen LogP contribution in [0.3, 0.4) is 0 Å². The number of hydrogen-bond donors (Lipinski definition) is 2.